The lowest BCUT2D eigenvalue weighted by atomic mass is 10.0. The molecular weight excluding hydrogens is 404 g/mol. The van der Waals surface area contributed by atoms with Gasteiger partial charge in [0.15, 0.2) is 0 Å². The number of carbonyl (C=O) groups is 3. The highest BCUT2D eigenvalue weighted by Crippen LogP contribution is 2.23. The third kappa shape index (κ3) is 5.11. The Hall–Kier alpha value is -3.74. The molecule has 1 N–H and O–H groups in total. The molecule has 7 heteroatoms. The minimum atomic E-state index is -0.269. The molecule has 1 aromatic heterocycles. The molecule has 0 spiro atoms. The molecule has 3 amide bonds. The van der Waals surface area contributed by atoms with E-state index >= 15 is 0 Å². The lowest BCUT2D eigenvalue weighted by molar-refractivity contribution is -0.133. The zero-order valence-electron chi connectivity index (χ0n) is 18.1. The summed E-state index contributed by atoms with van der Waals surface area (Å²) in [6.45, 7) is 3.09. The van der Waals surface area contributed by atoms with Gasteiger partial charge in [0.05, 0.1) is 0 Å². The lowest BCUT2D eigenvalue weighted by Crippen LogP contribution is -2.33. The Morgan fingerprint density at radius 3 is 2.69 bits per heavy atom. The van der Waals surface area contributed by atoms with Crippen molar-refractivity contribution in [1.82, 2.24) is 14.8 Å². The van der Waals surface area contributed by atoms with Crippen molar-refractivity contribution in [3.8, 4) is 0 Å². The van der Waals surface area contributed by atoms with Gasteiger partial charge in [-0.1, -0.05) is 36.4 Å². The van der Waals surface area contributed by atoms with Crippen LogP contribution in [-0.4, -0.2) is 52.1 Å². The molecule has 7 nitrogen and oxygen atoms in total. The van der Waals surface area contributed by atoms with Crippen LogP contribution < -0.4 is 5.32 Å². The summed E-state index contributed by atoms with van der Waals surface area (Å²) in [5.41, 5.74) is 3.97. The number of aromatic nitrogens is 1. The lowest BCUT2D eigenvalue weighted by Gasteiger charge is -2.19. The molecule has 2 aliphatic rings. The molecule has 0 radical (unpaired) electrons. The first-order valence-electron chi connectivity index (χ1n) is 10.8. The fraction of sp³-hybridized carbons (Fsp3) is 0.280. The van der Waals surface area contributed by atoms with Crippen LogP contribution in [0.25, 0.3) is 11.6 Å². The second-order valence-corrected chi connectivity index (χ2v) is 7.99. The van der Waals surface area contributed by atoms with Gasteiger partial charge in [-0.15, -0.1) is 0 Å². The largest absolute Gasteiger partial charge is 0.339 e. The number of fused-ring (bicyclic) bond motifs is 1. The summed E-state index contributed by atoms with van der Waals surface area (Å²) >= 11 is 0. The number of anilines is 1. The summed E-state index contributed by atoms with van der Waals surface area (Å²) in [7, 11) is 0. The van der Waals surface area contributed by atoms with Crippen LogP contribution in [0.15, 0.2) is 54.7 Å². The van der Waals surface area contributed by atoms with E-state index in [1.165, 1.54) is 23.0 Å². The fourth-order valence-electron chi connectivity index (χ4n) is 3.95. The Labute approximate surface area is 187 Å². The summed E-state index contributed by atoms with van der Waals surface area (Å²) in [5, 5.41) is 2.73. The van der Waals surface area contributed by atoms with Crippen LogP contribution in [0.2, 0.25) is 0 Å². The number of rotatable bonds is 3. The Kier molecular flexibility index (Phi) is 6.44. The monoisotopic (exact) mass is 430 g/mol. The number of hydrogen-bond donors (Lipinski definition) is 1. The number of hydrogen-bond acceptors (Lipinski definition) is 4. The Morgan fingerprint density at radius 2 is 1.91 bits per heavy atom. The maximum absolute atomic E-state index is 12.8. The summed E-state index contributed by atoms with van der Waals surface area (Å²) in [6, 6.07) is 12.1. The third-order valence-corrected chi connectivity index (χ3v) is 5.70. The van der Waals surface area contributed by atoms with Gasteiger partial charge in [-0.3, -0.25) is 14.4 Å². The van der Waals surface area contributed by atoms with E-state index in [4.69, 9.17) is 0 Å². The highest BCUT2D eigenvalue weighted by Gasteiger charge is 2.22. The van der Waals surface area contributed by atoms with Crippen LogP contribution in [0.5, 0.6) is 0 Å². The number of nitrogens with zero attached hydrogens (tertiary/aromatic N) is 3. The van der Waals surface area contributed by atoms with Crippen LogP contribution in [0.4, 0.5) is 5.82 Å². The van der Waals surface area contributed by atoms with Gasteiger partial charge in [-0.05, 0) is 41.7 Å². The fourth-order valence-corrected chi connectivity index (χ4v) is 3.95. The van der Waals surface area contributed by atoms with Gasteiger partial charge in [-0.2, -0.15) is 0 Å². The Bertz CT molecular complexity index is 1090. The van der Waals surface area contributed by atoms with Crippen LogP contribution >= 0.6 is 0 Å². The maximum Gasteiger partial charge on any atom is 0.246 e. The highest BCUT2D eigenvalue weighted by atomic mass is 16.2. The number of amides is 3. The number of nitrogens with one attached hydrogen (secondary N) is 1. The SMILES string of the molecule is CC(=O)N1CC(=O)Nc2ncc(C=CC(=O)N3CCC=C(c4ccccc4)CC3)cc2C1. The van der Waals surface area contributed by atoms with E-state index in [-0.39, 0.29) is 24.3 Å². The highest BCUT2D eigenvalue weighted by molar-refractivity contribution is 5.95. The molecule has 0 fully saturated rings. The van der Waals surface area contributed by atoms with E-state index in [9.17, 15) is 14.4 Å². The quantitative estimate of drug-likeness (QED) is 0.759. The van der Waals surface area contributed by atoms with Crippen molar-refractivity contribution in [3.05, 3.63) is 71.4 Å². The molecular formula is C25H26N4O3. The molecule has 32 heavy (non-hydrogen) atoms. The van der Waals surface area contributed by atoms with Gasteiger partial charge in [0.2, 0.25) is 17.7 Å². The zero-order valence-corrected chi connectivity index (χ0v) is 18.1. The van der Waals surface area contributed by atoms with Crippen molar-refractivity contribution in [1.29, 1.82) is 0 Å². The van der Waals surface area contributed by atoms with Crippen molar-refractivity contribution in [2.24, 2.45) is 0 Å². The van der Waals surface area contributed by atoms with Gasteiger partial charge in [0, 0.05) is 44.4 Å². The van der Waals surface area contributed by atoms with Crippen molar-refractivity contribution in [2.75, 3.05) is 25.0 Å². The first-order valence-corrected chi connectivity index (χ1v) is 10.8. The molecule has 164 valence electrons. The second kappa shape index (κ2) is 9.60. The van der Waals surface area contributed by atoms with Crippen LogP contribution in [0.1, 0.15) is 36.5 Å². The number of benzene rings is 1. The van der Waals surface area contributed by atoms with Gasteiger partial charge < -0.3 is 15.1 Å². The van der Waals surface area contributed by atoms with Crippen molar-refractivity contribution >= 4 is 35.2 Å². The average molecular weight is 431 g/mol. The summed E-state index contributed by atoms with van der Waals surface area (Å²) in [6.07, 6.45) is 8.78. The maximum atomic E-state index is 12.8. The normalized spacial score (nSPS) is 16.7. The van der Waals surface area contributed by atoms with E-state index in [1.807, 2.05) is 29.2 Å². The van der Waals surface area contributed by atoms with E-state index in [2.05, 4.69) is 28.5 Å². The molecule has 0 bridgehead atoms. The average Bonchev–Trinajstić information content (AvgIpc) is 3.14. The molecule has 4 rings (SSSR count). The second-order valence-electron chi connectivity index (χ2n) is 7.99. The van der Waals surface area contributed by atoms with Gasteiger partial charge in [0.1, 0.15) is 12.4 Å². The molecule has 0 atom stereocenters. The van der Waals surface area contributed by atoms with Crippen LogP contribution in [-0.2, 0) is 20.9 Å². The van der Waals surface area contributed by atoms with Gasteiger partial charge in [-0.25, -0.2) is 4.98 Å². The van der Waals surface area contributed by atoms with Crippen molar-refractivity contribution in [3.63, 3.8) is 0 Å². The predicted molar refractivity (Wildman–Crippen MR) is 123 cm³/mol. The third-order valence-electron chi connectivity index (χ3n) is 5.70. The molecule has 2 aliphatic heterocycles. The van der Waals surface area contributed by atoms with Crippen LogP contribution in [0, 0.1) is 0 Å². The molecule has 0 saturated heterocycles. The van der Waals surface area contributed by atoms with E-state index in [0.717, 1.165) is 24.0 Å². The Balaban J connectivity index is 1.42. The molecule has 0 aliphatic carbocycles. The predicted octanol–water partition coefficient (Wildman–Crippen LogP) is 3.10. The zero-order chi connectivity index (χ0) is 22.5. The van der Waals surface area contributed by atoms with E-state index in [1.54, 1.807) is 18.3 Å². The number of pyridine rings is 1. The summed E-state index contributed by atoms with van der Waals surface area (Å²) in [5.74, 6) is -0.0288. The van der Waals surface area contributed by atoms with Crippen LogP contribution in [0.3, 0.4) is 0 Å². The summed E-state index contributed by atoms with van der Waals surface area (Å²) < 4.78 is 0. The minimum absolute atomic E-state index is 0.00329. The first kappa shape index (κ1) is 21.5. The Morgan fingerprint density at radius 1 is 1.09 bits per heavy atom. The van der Waals surface area contributed by atoms with Crippen molar-refractivity contribution in [2.45, 2.75) is 26.3 Å². The molecule has 0 unspecified atom stereocenters. The minimum Gasteiger partial charge on any atom is -0.339 e. The first-order chi connectivity index (χ1) is 15.5. The standard InChI is InChI=1S/C25H26N4O3/c1-18(30)29-16-22-14-19(15-26-25(22)27-23(31)17-29)9-10-24(32)28-12-5-8-21(11-13-28)20-6-3-2-4-7-20/h2-4,6-10,14-15H,5,11-13,16-17H2,1H3,(H,26,27,31). The smallest absolute Gasteiger partial charge is 0.246 e. The molecule has 0 saturated carbocycles. The summed E-state index contributed by atoms with van der Waals surface area (Å²) in [4.78, 5) is 44.2. The van der Waals surface area contributed by atoms with Gasteiger partial charge in [0.25, 0.3) is 0 Å². The molecule has 2 aromatic rings. The van der Waals surface area contributed by atoms with E-state index < -0.39 is 0 Å². The van der Waals surface area contributed by atoms with Gasteiger partial charge >= 0.3 is 0 Å². The number of carbonyl (C=O) groups excluding carboxylic acids is 3. The topological polar surface area (TPSA) is 82.6 Å². The molecule has 3 heterocycles. The van der Waals surface area contributed by atoms with Crippen molar-refractivity contribution < 1.29 is 14.4 Å². The molecule has 1 aromatic carbocycles. The van der Waals surface area contributed by atoms with E-state index in [0.29, 0.717) is 25.5 Å².